The smallest absolute Gasteiger partial charge is 0.241 e. The van der Waals surface area contributed by atoms with Crippen molar-refractivity contribution in [3.63, 3.8) is 0 Å². The zero-order chi connectivity index (χ0) is 16.9. The predicted octanol–water partition coefficient (Wildman–Crippen LogP) is 2.01. The molecule has 0 aromatic carbocycles. The molecule has 6 heteroatoms. The summed E-state index contributed by atoms with van der Waals surface area (Å²) in [6.07, 6.45) is 8.54. The standard InChI is InChI=1S/C17H30N4O2/c1-17(2,3)13-4-6-14(7-5-13)20-15-10-19-21(11-15)12-16(23)18-8-9-22/h10-11,13-14,20,22H,4-9,12H2,1-3H3,(H,18,23). The van der Waals surface area contributed by atoms with Crippen molar-refractivity contribution in [3.8, 4) is 0 Å². The molecule has 0 atom stereocenters. The van der Waals surface area contributed by atoms with E-state index < -0.39 is 0 Å². The second-order valence-corrected chi connectivity index (χ2v) is 7.56. The first-order chi connectivity index (χ1) is 10.9. The number of hydrogen-bond donors (Lipinski definition) is 3. The first-order valence-corrected chi connectivity index (χ1v) is 8.55. The van der Waals surface area contributed by atoms with Gasteiger partial charge in [0.15, 0.2) is 0 Å². The number of anilines is 1. The number of carbonyl (C=O) groups is 1. The minimum absolute atomic E-state index is 0.0467. The summed E-state index contributed by atoms with van der Waals surface area (Å²) in [6.45, 7) is 7.40. The fourth-order valence-electron chi connectivity index (χ4n) is 3.26. The number of amides is 1. The first-order valence-electron chi connectivity index (χ1n) is 8.55. The van der Waals surface area contributed by atoms with Crippen LogP contribution in [-0.2, 0) is 11.3 Å². The second-order valence-electron chi connectivity index (χ2n) is 7.56. The van der Waals surface area contributed by atoms with Gasteiger partial charge in [0.25, 0.3) is 0 Å². The fraction of sp³-hybridized carbons (Fsp3) is 0.765. The third-order valence-corrected chi connectivity index (χ3v) is 4.70. The molecule has 2 rings (SSSR count). The van der Waals surface area contributed by atoms with Gasteiger partial charge in [0, 0.05) is 18.8 Å². The van der Waals surface area contributed by atoms with Crippen LogP contribution in [0.25, 0.3) is 0 Å². The summed E-state index contributed by atoms with van der Waals surface area (Å²) in [5.41, 5.74) is 1.37. The van der Waals surface area contributed by atoms with Crippen LogP contribution in [0.3, 0.4) is 0 Å². The Kier molecular flexibility index (Phi) is 6.04. The molecule has 1 saturated carbocycles. The van der Waals surface area contributed by atoms with Gasteiger partial charge in [0.2, 0.25) is 5.91 Å². The third-order valence-electron chi connectivity index (χ3n) is 4.70. The Balaban J connectivity index is 1.78. The van der Waals surface area contributed by atoms with Crippen molar-refractivity contribution in [2.75, 3.05) is 18.5 Å². The van der Waals surface area contributed by atoms with E-state index in [0.29, 0.717) is 11.5 Å². The molecule has 130 valence electrons. The van der Waals surface area contributed by atoms with Crippen molar-refractivity contribution < 1.29 is 9.90 Å². The molecule has 0 aliphatic heterocycles. The SMILES string of the molecule is CC(C)(C)C1CCC(Nc2cnn(CC(=O)NCCO)c2)CC1. The molecule has 1 aliphatic rings. The zero-order valence-corrected chi connectivity index (χ0v) is 14.5. The van der Waals surface area contributed by atoms with Gasteiger partial charge in [-0.2, -0.15) is 5.10 Å². The number of carbonyl (C=O) groups excluding carboxylic acids is 1. The molecule has 1 aromatic heterocycles. The highest BCUT2D eigenvalue weighted by Gasteiger charge is 2.29. The molecule has 0 bridgehead atoms. The Labute approximate surface area is 138 Å². The predicted molar refractivity (Wildman–Crippen MR) is 91.1 cm³/mol. The van der Waals surface area contributed by atoms with Crippen molar-refractivity contribution in [2.24, 2.45) is 11.3 Å². The number of hydrogen-bond acceptors (Lipinski definition) is 4. The maximum Gasteiger partial charge on any atom is 0.241 e. The summed E-state index contributed by atoms with van der Waals surface area (Å²) in [4.78, 5) is 11.6. The van der Waals surface area contributed by atoms with Crippen LogP contribution in [0, 0.1) is 11.3 Å². The minimum atomic E-state index is -0.139. The van der Waals surface area contributed by atoms with Gasteiger partial charge in [-0.3, -0.25) is 9.48 Å². The molecular formula is C17H30N4O2. The topological polar surface area (TPSA) is 79.2 Å². The molecule has 0 radical (unpaired) electrons. The first kappa shape index (κ1) is 17.8. The average Bonchev–Trinajstić information content (AvgIpc) is 2.91. The number of aromatic nitrogens is 2. The minimum Gasteiger partial charge on any atom is -0.395 e. The molecule has 0 saturated heterocycles. The Morgan fingerprint density at radius 1 is 1.35 bits per heavy atom. The van der Waals surface area contributed by atoms with Crippen molar-refractivity contribution in [1.82, 2.24) is 15.1 Å². The highest BCUT2D eigenvalue weighted by Crippen LogP contribution is 2.38. The van der Waals surface area contributed by atoms with E-state index >= 15 is 0 Å². The van der Waals surface area contributed by atoms with Gasteiger partial charge in [0.05, 0.1) is 18.5 Å². The molecule has 0 spiro atoms. The molecule has 1 fully saturated rings. The van der Waals surface area contributed by atoms with Crippen LogP contribution in [0.5, 0.6) is 0 Å². The van der Waals surface area contributed by atoms with Gasteiger partial charge in [0.1, 0.15) is 6.54 Å². The monoisotopic (exact) mass is 322 g/mol. The van der Waals surface area contributed by atoms with Gasteiger partial charge < -0.3 is 15.7 Å². The van der Waals surface area contributed by atoms with Crippen LogP contribution in [0.1, 0.15) is 46.5 Å². The lowest BCUT2D eigenvalue weighted by Crippen LogP contribution is -2.31. The summed E-state index contributed by atoms with van der Waals surface area (Å²) in [5, 5.41) is 19.1. The maximum atomic E-state index is 11.6. The van der Waals surface area contributed by atoms with E-state index in [0.717, 1.165) is 11.6 Å². The van der Waals surface area contributed by atoms with E-state index in [2.05, 4.69) is 36.5 Å². The Morgan fingerprint density at radius 3 is 2.65 bits per heavy atom. The molecule has 1 heterocycles. The van der Waals surface area contributed by atoms with Crippen LogP contribution >= 0.6 is 0 Å². The van der Waals surface area contributed by atoms with Crippen molar-refractivity contribution >= 4 is 11.6 Å². The van der Waals surface area contributed by atoms with E-state index in [4.69, 9.17) is 5.11 Å². The van der Waals surface area contributed by atoms with Gasteiger partial charge >= 0.3 is 0 Å². The van der Waals surface area contributed by atoms with E-state index in [1.54, 1.807) is 10.9 Å². The van der Waals surface area contributed by atoms with E-state index in [1.807, 2.05) is 6.20 Å². The number of aliphatic hydroxyl groups is 1. The molecular weight excluding hydrogens is 292 g/mol. The molecule has 23 heavy (non-hydrogen) atoms. The second kappa shape index (κ2) is 7.81. The third kappa shape index (κ3) is 5.53. The molecule has 6 nitrogen and oxygen atoms in total. The summed E-state index contributed by atoms with van der Waals surface area (Å²) in [7, 11) is 0. The molecule has 3 N–H and O–H groups in total. The largest absolute Gasteiger partial charge is 0.395 e. The fourth-order valence-corrected chi connectivity index (χ4v) is 3.26. The highest BCUT2D eigenvalue weighted by atomic mass is 16.3. The lowest BCUT2D eigenvalue weighted by Gasteiger charge is -2.37. The zero-order valence-electron chi connectivity index (χ0n) is 14.5. The summed E-state index contributed by atoms with van der Waals surface area (Å²) in [5.74, 6) is 0.665. The van der Waals surface area contributed by atoms with Crippen LogP contribution in [0.15, 0.2) is 12.4 Å². The van der Waals surface area contributed by atoms with Crippen LogP contribution in [-0.4, -0.2) is 40.0 Å². The van der Waals surface area contributed by atoms with E-state index in [1.165, 1.54) is 25.7 Å². The summed E-state index contributed by atoms with van der Waals surface area (Å²) >= 11 is 0. The molecule has 1 aromatic rings. The van der Waals surface area contributed by atoms with Crippen LogP contribution in [0.4, 0.5) is 5.69 Å². The van der Waals surface area contributed by atoms with Gasteiger partial charge in [-0.25, -0.2) is 0 Å². The van der Waals surface area contributed by atoms with Crippen LogP contribution in [0.2, 0.25) is 0 Å². The number of rotatable bonds is 6. The lowest BCUT2D eigenvalue weighted by atomic mass is 9.71. The molecule has 1 amide bonds. The van der Waals surface area contributed by atoms with Gasteiger partial charge in [-0.15, -0.1) is 0 Å². The Morgan fingerprint density at radius 2 is 2.04 bits per heavy atom. The van der Waals surface area contributed by atoms with Crippen molar-refractivity contribution in [1.29, 1.82) is 0 Å². The normalized spacial score (nSPS) is 21.9. The quantitative estimate of drug-likeness (QED) is 0.748. The van der Waals surface area contributed by atoms with Gasteiger partial charge in [-0.1, -0.05) is 20.8 Å². The number of aliphatic hydroxyl groups excluding tert-OH is 1. The van der Waals surface area contributed by atoms with Crippen molar-refractivity contribution in [2.45, 2.75) is 59.0 Å². The average molecular weight is 322 g/mol. The number of nitrogens with one attached hydrogen (secondary N) is 2. The van der Waals surface area contributed by atoms with E-state index in [-0.39, 0.29) is 25.6 Å². The number of nitrogens with zero attached hydrogens (tertiary/aromatic N) is 2. The Hall–Kier alpha value is -1.56. The molecule has 1 aliphatic carbocycles. The molecule has 0 unspecified atom stereocenters. The Bertz CT molecular complexity index is 499. The van der Waals surface area contributed by atoms with E-state index in [9.17, 15) is 4.79 Å². The highest BCUT2D eigenvalue weighted by molar-refractivity contribution is 5.75. The maximum absolute atomic E-state index is 11.6. The lowest BCUT2D eigenvalue weighted by molar-refractivity contribution is -0.122. The summed E-state index contributed by atoms with van der Waals surface area (Å²) < 4.78 is 1.62. The van der Waals surface area contributed by atoms with Gasteiger partial charge in [-0.05, 0) is 37.0 Å². The van der Waals surface area contributed by atoms with Crippen LogP contribution < -0.4 is 10.6 Å². The van der Waals surface area contributed by atoms with Crippen molar-refractivity contribution in [3.05, 3.63) is 12.4 Å². The summed E-state index contributed by atoms with van der Waals surface area (Å²) in [6, 6.07) is 0.495.